The van der Waals surface area contributed by atoms with Crippen LogP contribution in [-0.4, -0.2) is 48.8 Å². The fraction of sp³-hybridized carbons (Fsp3) is 0.423. The van der Waals surface area contributed by atoms with Crippen molar-refractivity contribution in [2.24, 2.45) is 0 Å². The molecule has 168 valence electrons. The lowest BCUT2D eigenvalue weighted by atomic mass is 9.87. The summed E-state index contributed by atoms with van der Waals surface area (Å²) in [7, 11) is 0. The van der Waals surface area contributed by atoms with Crippen molar-refractivity contribution in [2.45, 2.75) is 38.5 Å². The van der Waals surface area contributed by atoms with Gasteiger partial charge in [0.2, 0.25) is 12.7 Å². The van der Waals surface area contributed by atoms with Crippen LogP contribution in [0, 0.1) is 0 Å². The van der Waals surface area contributed by atoms with Gasteiger partial charge in [-0.25, -0.2) is 0 Å². The first-order valence-electron chi connectivity index (χ1n) is 11.7. The van der Waals surface area contributed by atoms with E-state index < -0.39 is 0 Å². The summed E-state index contributed by atoms with van der Waals surface area (Å²) in [5.74, 6) is 1.51. The molecule has 0 aliphatic carbocycles. The molecule has 0 saturated carbocycles. The number of aromatic amines is 1. The SMILES string of the molecule is CCc1cccc2c(C(CC(=O)NCCN3CCCC3)c3ccc4c(c3)OCO4)c[nH]c12. The molecule has 32 heavy (non-hydrogen) atoms. The zero-order chi connectivity index (χ0) is 21.9. The largest absolute Gasteiger partial charge is 0.454 e. The third-order valence-corrected chi connectivity index (χ3v) is 6.73. The van der Waals surface area contributed by atoms with Gasteiger partial charge in [0.25, 0.3) is 0 Å². The zero-order valence-corrected chi connectivity index (χ0v) is 18.7. The number of aryl methyl sites for hydroxylation is 1. The van der Waals surface area contributed by atoms with E-state index in [9.17, 15) is 4.79 Å². The smallest absolute Gasteiger partial charge is 0.231 e. The highest BCUT2D eigenvalue weighted by molar-refractivity contribution is 5.88. The minimum atomic E-state index is -0.0721. The Morgan fingerprint density at radius 2 is 2.00 bits per heavy atom. The van der Waals surface area contributed by atoms with Gasteiger partial charge in [-0.05, 0) is 61.2 Å². The van der Waals surface area contributed by atoms with Crippen LogP contribution in [0.25, 0.3) is 10.9 Å². The second kappa shape index (κ2) is 9.25. The predicted octanol–water partition coefficient (Wildman–Crippen LogP) is 4.19. The maximum Gasteiger partial charge on any atom is 0.231 e. The van der Waals surface area contributed by atoms with E-state index in [1.807, 2.05) is 12.1 Å². The standard InChI is InChI=1S/C26H31N3O3/c1-2-18-6-5-7-20-22(16-28-26(18)20)21(19-8-9-23-24(14-19)32-17-31-23)15-25(30)27-10-13-29-11-3-4-12-29/h5-9,14,16,21,28H,2-4,10-13,15,17H2,1H3,(H,27,30). The van der Waals surface area contributed by atoms with Crippen LogP contribution in [0.15, 0.2) is 42.6 Å². The van der Waals surface area contributed by atoms with Crippen LogP contribution in [0.1, 0.15) is 48.8 Å². The van der Waals surface area contributed by atoms with Gasteiger partial charge in [0.1, 0.15) is 0 Å². The van der Waals surface area contributed by atoms with E-state index in [2.05, 4.69) is 52.6 Å². The van der Waals surface area contributed by atoms with E-state index in [0.717, 1.165) is 54.2 Å². The molecule has 3 heterocycles. The normalized spacial score (nSPS) is 16.5. The number of nitrogens with zero attached hydrogens (tertiary/aromatic N) is 1. The van der Waals surface area contributed by atoms with Gasteiger partial charge in [0, 0.05) is 42.5 Å². The van der Waals surface area contributed by atoms with Crippen molar-refractivity contribution in [1.29, 1.82) is 0 Å². The van der Waals surface area contributed by atoms with Crippen LogP contribution < -0.4 is 14.8 Å². The summed E-state index contributed by atoms with van der Waals surface area (Å²) in [6.07, 6.45) is 5.95. The van der Waals surface area contributed by atoms with Crippen LogP contribution in [0.3, 0.4) is 0 Å². The van der Waals surface area contributed by atoms with Gasteiger partial charge >= 0.3 is 0 Å². The minimum absolute atomic E-state index is 0.0721. The molecule has 0 spiro atoms. The van der Waals surface area contributed by atoms with Crippen LogP contribution in [0.2, 0.25) is 0 Å². The third-order valence-electron chi connectivity index (χ3n) is 6.73. The molecule has 1 unspecified atom stereocenters. The van der Waals surface area contributed by atoms with Crippen molar-refractivity contribution in [2.75, 3.05) is 33.0 Å². The molecule has 3 aromatic rings. The number of amides is 1. The summed E-state index contributed by atoms with van der Waals surface area (Å²) in [5, 5.41) is 4.33. The molecule has 2 aromatic carbocycles. The lowest BCUT2D eigenvalue weighted by molar-refractivity contribution is -0.121. The Morgan fingerprint density at radius 1 is 1.16 bits per heavy atom. The Morgan fingerprint density at radius 3 is 2.84 bits per heavy atom. The summed E-state index contributed by atoms with van der Waals surface area (Å²) in [5.41, 5.74) is 4.65. The Balaban J connectivity index is 1.41. The summed E-state index contributed by atoms with van der Waals surface area (Å²) < 4.78 is 11.1. The predicted molar refractivity (Wildman–Crippen MR) is 125 cm³/mol. The van der Waals surface area contributed by atoms with Gasteiger partial charge in [-0.3, -0.25) is 4.79 Å². The molecule has 5 rings (SSSR count). The van der Waals surface area contributed by atoms with Gasteiger partial charge in [-0.15, -0.1) is 0 Å². The van der Waals surface area contributed by atoms with Crippen molar-refractivity contribution in [3.8, 4) is 11.5 Å². The van der Waals surface area contributed by atoms with Crippen molar-refractivity contribution < 1.29 is 14.3 Å². The highest BCUT2D eigenvalue weighted by atomic mass is 16.7. The molecule has 1 aromatic heterocycles. The number of hydrogen-bond acceptors (Lipinski definition) is 4. The highest BCUT2D eigenvalue weighted by Crippen LogP contribution is 2.39. The van der Waals surface area contributed by atoms with E-state index in [-0.39, 0.29) is 18.6 Å². The first-order valence-corrected chi connectivity index (χ1v) is 11.7. The molecule has 1 saturated heterocycles. The minimum Gasteiger partial charge on any atom is -0.454 e. The Bertz CT molecular complexity index is 1100. The number of aromatic nitrogens is 1. The quantitative estimate of drug-likeness (QED) is 0.559. The number of para-hydroxylation sites is 1. The molecule has 2 aliphatic heterocycles. The fourth-order valence-electron chi connectivity index (χ4n) is 4.98. The van der Waals surface area contributed by atoms with E-state index >= 15 is 0 Å². The van der Waals surface area contributed by atoms with Crippen LogP contribution in [0.4, 0.5) is 0 Å². The van der Waals surface area contributed by atoms with Crippen LogP contribution in [0.5, 0.6) is 11.5 Å². The van der Waals surface area contributed by atoms with Crippen LogP contribution >= 0.6 is 0 Å². The van der Waals surface area contributed by atoms with E-state index in [4.69, 9.17) is 9.47 Å². The molecule has 2 N–H and O–H groups in total. The number of carbonyl (C=O) groups excluding carboxylic acids is 1. The van der Waals surface area contributed by atoms with Gasteiger partial charge in [0.05, 0.1) is 0 Å². The van der Waals surface area contributed by atoms with Crippen molar-refractivity contribution in [3.63, 3.8) is 0 Å². The summed E-state index contributed by atoms with van der Waals surface area (Å²) >= 11 is 0. The fourth-order valence-corrected chi connectivity index (χ4v) is 4.98. The van der Waals surface area contributed by atoms with Gasteiger partial charge in [-0.2, -0.15) is 0 Å². The number of H-pyrrole nitrogens is 1. The van der Waals surface area contributed by atoms with E-state index in [1.54, 1.807) is 0 Å². The molecule has 0 bridgehead atoms. The average Bonchev–Trinajstić information content (AvgIpc) is 3.57. The Kier molecular flexibility index (Phi) is 6.04. The zero-order valence-electron chi connectivity index (χ0n) is 18.7. The van der Waals surface area contributed by atoms with Crippen LogP contribution in [-0.2, 0) is 11.2 Å². The molecular weight excluding hydrogens is 402 g/mol. The molecule has 1 fully saturated rings. The monoisotopic (exact) mass is 433 g/mol. The number of rotatable bonds is 8. The second-order valence-corrected chi connectivity index (χ2v) is 8.71. The lowest BCUT2D eigenvalue weighted by Gasteiger charge is -2.19. The van der Waals surface area contributed by atoms with Gasteiger partial charge in [0.15, 0.2) is 11.5 Å². The summed E-state index contributed by atoms with van der Waals surface area (Å²) in [6, 6.07) is 12.4. The second-order valence-electron chi connectivity index (χ2n) is 8.71. The summed E-state index contributed by atoms with van der Waals surface area (Å²) in [6.45, 7) is 6.31. The van der Waals surface area contributed by atoms with Gasteiger partial charge < -0.3 is 24.7 Å². The van der Waals surface area contributed by atoms with Crippen molar-refractivity contribution in [1.82, 2.24) is 15.2 Å². The average molecular weight is 434 g/mol. The molecule has 6 nitrogen and oxygen atoms in total. The summed E-state index contributed by atoms with van der Waals surface area (Å²) in [4.78, 5) is 18.9. The highest BCUT2D eigenvalue weighted by Gasteiger charge is 2.24. The van der Waals surface area contributed by atoms with E-state index in [1.165, 1.54) is 23.8 Å². The van der Waals surface area contributed by atoms with Gasteiger partial charge in [-0.1, -0.05) is 31.2 Å². The van der Waals surface area contributed by atoms with Crippen molar-refractivity contribution >= 4 is 16.8 Å². The molecule has 0 radical (unpaired) electrons. The van der Waals surface area contributed by atoms with E-state index in [0.29, 0.717) is 13.0 Å². The topological polar surface area (TPSA) is 66.6 Å². The number of likely N-dealkylation sites (tertiary alicyclic amines) is 1. The Labute approximate surface area is 188 Å². The third kappa shape index (κ3) is 4.19. The maximum absolute atomic E-state index is 13.0. The number of ether oxygens (including phenoxy) is 2. The number of nitrogens with one attached hydrogen (secondary N) is 2. The Hall–Kier alpha value is -2.99. The number of fused-ring (bicyclic) bond motifs is 2. The first kappa shape index (κ1) is 20.9. The first-order chi connectivity index (χ1) is 15.7. The number of carbonyl (C=O) groups is 1. The maximum atomic E-state index is 13.0. The molecular formula is C26H31N3O3. The molecule has 2 aliphatic rings. The molecule has 1 amide bonds. The van der Waals surface area contributed by atoms with Crippen molar-refractivity contribution in [3.05, 3.63) is 59.3 Å². The number of benzene rings is 2. The molecule has 1 atom stereocenters. The number of hydrogen-bond donors (Lipinski definition) is 2. The lowest BCUT2D eigenvalue weighted by Crippen LogP contribution is -2.34. The molecule has 6 heteroatoms.